The highest BCUT2D eigenvalue weighted by atomic mass is 32.1. The molecule has 0 spiro atoms. The number of nitrogens with zero attached hydrogens (tertiary/aromatic N) is 1. The van der Waals surface area contributed by atoms with Crippen molar-refractivity contribution in [1.29, 1.82) is 0 Å². The molecule has 0 fully saturated rings. The number of hydrogen-bond donors (Lipinski definition) is 0. The maximum absolute atomic E-state index is 10.1. The third-order valence-corrected chi connectivity index (χ3v) is 1.29. The summed E-state index contributed by atoms with van der Waals surface area (Å²) in [5, 5.41) is 0. The lowest BCUT2D eigenvalue weighted by Crippen LogP contribution is -1.83. The minimum Gasteiger partial charge on any atom is -0.267 e. The fourth-order valence-electron chi connectivity index (χ4n) is 0.296. The Balaban J connectivity index is 2.59. The molecule has 0 N–H and O–H groups in total. The molecule has 2 nitrogen and oxygen atoms in total. The Bertz CT molecular complexity index is 99.0. The molecule has 0 aromatic carbocycles. The zero-order valence-corrected chi connectivity index (χ0v) is 3.99. The van der Waals surface area contributed by atoms with E-state index < -0.39 is 0 Å². The molecule has 32 valence electrons. The van der Waals surface area contributed by atoms with E-state index in [0.717, 1.165) is 5.75 Å². The van der Waals surface area contributed by atoms with E-state index in [1.807, 2.05) is 0 Å². The summed E-state index contributed by atoms with van der Waals surface area (Å²) >= 11 is 1.36. The first-order valence-corrected chi connectivity index (χ1v) is 2.70. The van der Waals surface area contributed by atoms with Gasteiger partial charge in [0.05, 0.1) is 10.8 Å². The van der Waals surface area contributed by atoms with E-state index in [9.17, 15) is 4.79 Å². The van der Waals surface area contributed by atoms with Gasteiger partial charge in [-0.05, 0) is 0 Å². The van der Waals surface area contributed by atoms with E-state index in [4.69, 9.17) is 0 Å². The van der Waals surface area contributed by atoms with E-state index in [1.165, 1.54) is 11.6 Å². The summed E-state index contributed by atoms with van der Waals surface area (Å²) in [6.45, 7) is 0. The van der Waals surface area contributed by atoms with Crippen molar-refractivity contribution in [2.24, 2.45) is 4.36 Å². The molecule has 1 rings (SSSR count). The predicted octanol–water partition coefficient (Wildman–Crippen LogP) is 0.183. The molecular formula is C3H4NOS+. The van der Waals surface area contributed by atoms with Crippen LogP contribution in [0.1, 0.15) is 6.42 Å². The highest BCUT2D eigenvalue weighted by Gasteiger charge is 2.15. The zero-order valence-electron chi connectivity index (χ0n) is 3.18. The summed E-state index contributed by atoms with van der Waals surface area (Å²) < 4.78 is 3.51. The van der Waals surface area contributed by atoms with Gasteiger partial charge in [-0.25, -0.2) is 0 Å². The number of hydrogen-bond acceptors (Lipinski definition) is 1. The fraction of sp³-hybridized carbons (Fsp3) is 0.667. The summed E-state index contributed by atoms with van der Waals surface area (Å²) in [6.07, 6.45) is 0.644. The lowest BCUT2D eigenvalue weighted by Gasteiger charge is -1.58. The van der Waals surface area contributed by atoms with Gasteiger partial charge in [-0.1, -0.05) is 0 Å². The van der Waals surface area contributed by atoms with E-state index in [2.05, 4.69) is 4.36 Å². The van der Waals surface area contributed by atoms with Gasteiger partial charge >= 0.3 is 17.5 Å². The summed E-state index contributed by atoms with van der Waals surface area (Å²) in [5.41, 5.74) is 0. The van der Waals surface area contributed by atoms with Crippen molar-refractivity contribution >= 4 is 17.5 Å². The SMILES string of the molecule is O=C1CC[S+]=N1. The molecule has 0 saturated carbocycles. The summed E-state index contributed by atoms with van der Waals surface area (Å²) in [5.74, 6) is 0.929. The lowest BCUT2D eigenvalue weighted by atomic mass is 10.5. The zero-order chi connectivity index (χ0) is 4.41. The molecule has 3 heteroatoms. The Morgan fingerprint density at radius 2 is 2.67 bits per heavy atom. The average Bonchev–Trinajstić information content (AvgIpc) is 1.86. The number of rotatable bonds is 0. The molecule has 0 saturated heterocycles. The van der Waals surface area contributed by atoms with Crippen molar-refractivity contribution in [1.82, 2.24) is 0 Å². The maximum atomic E-state index is 10.1. The van der Waals surface area contributed by atoms with Crippen molar-refractivity contribution in [3.8, 4) is 0 Å². The van der Waals surface area contributed by atoms with E-state index in [0.29, 0.717) is 6.42 Å². The van der Waals surface area contributed by atoms with Gasteiger partial charge in [0.25, 0.3) is 0 Å². The van der Waals surface area contributed by atoms with E-state index in [1.54, 1.807) is 0 Å². The van der Waals surface area contributed by atoms with Crippen molar-refractivity contribution in [3.63, 3.8) is 0 Å². The van der Waals surface area contributed by atoms with Gasteiger partial charge in [0.2, 0.25) is 5.75 Å². The highest BCUT2D eigenvalue weighted by molar-refractivity contribution is 7.69. The van der Waals surface area contributed by atoms with Crippen LogP contribution in [0.3, 0.4) is 0 Å². The standard InChI is InChI=1S/C3H4NOS/c5-3-1-2-6-4-3/h1-2H2/q+1. The van der Waals surface area contributed by atoms with E-state index >= 15 is 0 Å². The van der Waals surface area contributed by atoms with Crippen LogP contribution in [0.2, 0.25) is 0 Å². The van der Waals surface area contributed by atoms with Crippen molar-refractivity contribution in [3.05, 3.63) is 0 Å². The lowest BCUT2D eigenvalue weighted by molar-refractivity contribution is -0.116. The van der Waals surface area contributed by atoms with Gasteiger partial charge in [-0.15, -0.1) is 0 Å². The predicted molar refractivity (Wildman–Crippen MR) is 24.3 cm³/mol. The molecule has 1 heterocycles. The van der Waals surface area contributed by atoms with Gasteiger partial charge in [0, 0.05) is 0 Å². The van der Waals surface area contributed by atoms with E-state index in [-0.39, 0.29) is 5.91 Å². The van der Waals surface area contributed by atoms with Gasteiger partial charge in [-0.2, -0.15) is 0 Å². The van der Waals surface area contributed by atoms with Crippen LogP contribution in [0.25, 0.3) is 0 Å². The minimum absolute atomic E-state index is 0.0417. The number of carbonyl (C=O) groups excluding carboxylic acids is 1. The van der Waals surface area contributed by atoms with Crippen molar-refractivity contribution in [2.45, 2.75) is 6.42 Å². The average molecular weight is 102 g/mol. The Labute approximate surface area is 39.7 Å². The second kappa shape index (κ2) is 1.43. The monoisotopic (exact) mass is 102 g/mol. The summed E-state index contributed by atoms with van der Waals surface area (Å²) in [6, 6.07) is 0. The van der Waals surface area contributed by atoms with Crippen molar-refractivity contribution in [2.75, 3.05) is 5.75 Å². The molecule has 0 radical (unpaired) electrons. The first kappa shape index (κ1) is 3.87. The van der Waals surface area contributed by atoms with Crippen LogP contribution in [-0.4, -0.2) is 11.7 Å². The molecule has 0 aromatic heterocycles. The topological polar surface area (TPSA) is 29.4 Å². The minimum atomic E-state index is 0.0417. The number of carbonyl (C=O) groups is 1. The Morgan fingerprint density at radius 1 is 1.83 bits per heavy atom. The first-order chi connectivity index (χ1) is 2.89. The Kier molecular flexibility index (Phi) is 0.919. The molecule has 0 atom stereocenters. The van der Waals surface area contributed by atoms with Crippen LogP contribution in [0.4, 0.5) is 0 Å². The summed E-state index contributed by atoms with van der Waals surface area (Å²) in [7, 11) is 0. The molecular weight excluding hydrogens is 98.1 g/mol. The first-order valence-electron chi connectivity index (χ1n) is 1.75. The van der Waals surface area contributed by atoms with Gasteiger partial charge in [0.15, 0.2) is 0 Å². The second-order valence-electron chi connectivity index (χ2n) is 1.07. The molecule has 1 amide bonds. The normalized spacial score (nSPS) is 19.7. The Hall–Kier alpha value is -0.310. The van der Waals surface area contributed by atoms with Crippen LogP contribution in [0, 0.1) is 0 Å². The third-order valence-electron chi connectivity index (χ3n) is 0.574. The molecule has 0 aliphatic carbocycles. The smallest absolute Gasteiger partial charge is 0.267 e. The molecule has 1 aliphatic rings. The molecule has 0 bridgehead atoms. The van der Waals surface area contributed by atoms with Crippen LogP contribution in [0.15, 0.2) is 4.36 Å². The maximum Gasteiger partial charge on any atom is 0.319 e. The molecule has 6 heavy (non-hydrogen) atoms. The summed E-state index contributed by atoms with van der Waals surface area (Å²) in [4.78, 5) is 10.1. The molecule has 1 aliphatic heterocycles. The van der Waals surface area contributed by atoms with Gasteiger partial charge in [-0.3, -0.25) is 4.79 Å². The van der Waals surface area contributed by atoms with Crippen LogP contribution < -0.4 is 0 Å². The van der Waals surface area contributed by atoms with Gasteiger partial charge in [0.1, 0.15) is 0 Å². The highest BCUT2D eigenvalue weighted by Crippen LogP contribution is 1.92. The van der Waals surface area contributed by atoms with Gasteiger partial charge < -0.3 is 0 Å². The number of amides is 1. The third kappa shape index (κ3) is 0.597. The molecule has 0 aromatic rings. The van der Waals surface area contributed by atoms with Crippen LogP contribution in [0.5, 0.6) is 0 Å². The quantitative estimate of drug-likeness (QED) is 0.401. The molecule has 0 unspecified atom stereocenters. The fourth-order valence-corrected chi connectivity index (χ4v) is 0.889. The Morgan fingerprint density at radius 3 is 2.83 bits per heavy atom. The van der Waals surface area contributed by atoms with Crippen LogP contribution in [-0.2, 0) is 16.4 Å². The van der Waals surface area contributed by atoms with Crippen LogP contribution >= 0.6 is 0 Å². The van der Waals surface area contributed by atoms with Crippen molar-refractivity contribution < 1.29 is 4.79 Å². The largest absolute Gasteiger partial charge is 0.319 e. The second-order valence-corrected chi connectivity index (χ2v) is 1.92.